The fourth-order valence-corrected chi connectivity index (χ4v) is 7.52. The molecule has 5 aromatic rings. The van der Waals surface area contributed by atoms with Gasteiger partial charge in [0.25, 0.3) is 5.92 Å². The van der Waals surface area contributed by atoms with Crippen LogP contribution in [0.1, 0.15) is 42.5 Å². The Morgan fingerprint density at radius 1 is 0.978 bits per heavy atom. The third kappa shape index (κ3) is 5.71. The summed E-state index contributed by atoms with van der Waals surface area (Å²) in [6.07, 6.45) is 4.19. The van der Waals surface area contributed by atoms with Crippen LogP contribution in [-0.4, -0.2) is 68.7 Å². The van der Waals surface area contributed by atoms with E-state index in [9.17, 15) is 18.0 Å². The number of likely N-dealkylation sites (tertiary alicyclic amines) is 2. The zero-order valence-electron chi connectivity index (χ0n) is 25.6. The maximum Gasteiger partial charge on any atom is 0.272 e. The number of carbonyl (C=O) groups is 1. The molecule has 7 rings (SSSR count). The Labute approximate surface area is 268 Å². The van der Waals surface area contributed by atoms with Crippen molar-refractivity contribution in [2.75, 3.05) is 32.7 Å². The van der Waals surface area contributed by atoms with Crippen molar-refractivity contribution in [3.8, 4) is 33.1 Å². The molecule has 0 spiro atoms. The van der Waals surface area contributed by atoms with E-state index in [0.717, 1.165) is 41.0 Å². The Morgan fingerprint density at radius 3 is 2.39 bits per heavy atom. The van der Waals surface area contributed by atoms with E-state index >= 15 is 4.39 Å². The molecule has 5 heterocycles. The quantitative estimate of drug-likeness (QED) is 0.171. The minimum absolute atomic E-state index is 0.0339. The van der Waals surface area contributed by atoms with Crippen molar-refractivity contribution in [2.45, 2.75) is 45.0 Å². The van der Waals surface area contributed by atoms with Crippen molar-refractivity contribution in [1.29, 1.82) is 0 Å². The standard InChI is InChI=1S/C35H33F4N5OS/c1-3-28-33(27-10-9-26(21(2)32(27)37)34-41-29(18-46-34)23-4-7-25(36)8-5-23)44-16-24(6-11-30(44)40-28)22-12-14-43(15-13-22)31(45)17-42-19-35(38,39)20-42/h4-11,16,18,22H,3,12-15,17,19-20H2,1-2H3. The van der Waals surface area contributed by atoms with E-state index in [0.29, 0.717) is 46.9 Å². The molecule has 0 aliphatic carbocycles. The number of hydrogen-bond acceptors (Lipinski definition) is 5. The van der Waals surface area contributed by atoms with Gasteiger partial charge >= 0.3 is 0 Å². The number of nitrogens with zero attached hydrogens (tertiary/aromatic N) is 5. The molecule has 6 nitrogen and oxygen atoms in total. The first-order chi connectivity index (χ1) is 22.1. The minimum Gasteiger partial charge on any atom is -0.342 e. The van der Waals surface area contributed by atoms with E-state index in [-0.39, 0.29) is 43.1 Å². The number of fused-ring (bicyclic) bond motifs is 1. The number of piperidine rings is 1. The Balaban J connectivity index is 1.13. The molecule has 2 fully saturated rings. The number of pyridine rings is 1. The number of amides is 1. The number of alkyl halides is 2. The lowest BCUT2D eigenvalue weighted by molar-refractivity contribution is -0.151. The highest BCUT2D eigenvalue weighted by Gasteiger charge is 2.44. The second-order valence-electron chi connectivity index (χ2n) is 12.3. The Bertz CT molecular complexity index is 1920. The van der Waals surface area contributed by atoms with Crippen molar-refractivity contribution in [1.82, 2.24) is 24.2 Å². The fraction of sp³-hybridized carbons (Fsp3) is 0.343. The van der Waals surface area contributed by atoms with Gasteiger partial charge in [-0.3, -0.25) is 14.1 Å². The Morgan fingerprint density at radius 2 is 1.70 bits per heavy atom. The van der Waals surface area contributed by atoms with E-state index in [1.807, 2.05) is 35.0 Å². The normalized spacial score (nSPS) is 17.0. The summed E-state index contributed by atoms with van der Waals surface area (Å²) < 4.78 is 58.0. The molecule has 2 aliphatic rings. The fourth-order valence-electron chi connectivity index (χ4n) is 6.61. The number of imidazole rings is 1. The van der Waals surface area contributed by atoms with Crippen molar-refractivity contribution in [3.63, 3.8) is 0 Å². The molecular weight excluding hydrogens is 614 g/mol. The number of rotatable bonds is 7. The van der Waals surface area contributed by atoms with Crippen LogP contribution in [0, 0.1) is 18.6 Å². The number of halogens is 4. The van der Waals surface area contributed by atoms with Crippen LogP contribution in [0.25, 0.3) is 38.7 Å². The SMILES string of the molecule is CCc1nc2ccc(C3CCN(C(=O)CN4CC(F)(F)C4)CC3)cn2c1-c1ccc(-c2nc(-c3ccc(F)cc3)cs2)c(C)c1F. The van der Waals surface area contributed by atoms with Crippen LogP contribution in [0.5, 0.6) is 0 Å². The maximum absolute atomic E-state index is 16.3. The van der Waals surface area contributed by atoms with Gasteiger partial charge in [-0.1, -0.05) is 19.1 Å². The minimum atomic E-state index is -2.68. The zero-order valence-corrected chi connectivity index (χ0v) is 26.4. The molecule has 3 aromatic heterocycles. The predicted molar refractivity (Wildman–Crippen MR) is 171 cm³/mol. The molecule has 2 saturated heterocycles. The average Bonchev–Trinajstić information content (AvgIpc) is 3.67. The molecule has 0 saturated carbocycles. The molecule has 0 atom stereocenters. The van der Waals surface area contributed by atoms with Crippen LogP contribution < -0.4 is 0 Å². The van der Waals surface area contributed by atoms with Crippen molar-refractivity contribution < 1.29 is 22.4 Å². The van der Waals surface area contributed by atoms with Crippen molar-refractivity contribution >= 4 is 22.9 Å². The van der Waals surface area contributed by atoms with E-state index in [4.69, 9.17) is 9.97 Å². The van der Waals surface area contributed by atoms with Gasteiger partial charge < -0.3 is 4.90 Å². The van der Waals surface area contributed by atoms with Crippen LogP contribution in [0.3, 0.4) is 0 Å². The number of aromatic nitrogens is 3. The van der Waals surface area contributed by atoms with Gasteiger partial charge in [-0.25, -0.2) is 27.5 Å². The second kappa shape index (κ2) is 11.9. The highest BCUT2D eigenvalue weighted by molar-refractivity contribution is 7.13. The molecule has 2 aromatic carbocycles. The van der Waals surface area contributed by atoms with Crippen LogP contribution in [-0.2, 0) is 11.2 Å². The molecule has 1 amide bonds. The van der Waals surface area contributed by atoms with E-state index in [1.165, 1.54) is 28.4 Å². The molecule has 0 bridgehead atoms. The number of hydrogen-bond donors (Lipinski definition) is 0. The van der Waals surface area contributed by atoms with Crippen molar-refractivity contribution in [2.24, 2.45) is 0 Å². The Kier molecular flexibility index (Phi) is 7.92. The predicted octanol–water partition coefficient (Wildman–Crippen LogP) is 7.60. The zero-order chi connectivity index (χ0) is 32.2. The van der Waals surface area contributed by atoms with Gasteiger partial charge in [-0.15, -0.1) is 11.3 Å². The number of aryl methyl sites for hydroxylation is 1. The first kappa shape index (κ1) is 30.6. The van der Waals surface area contributed by atoms with E-state index < -0.39 is 5.92 Å². The van der Waals surface area contributed by atoms with Crippen LogP contribution in [0.2, 0.25) is 0 Å². The molecule has 0 radical (unpaired) electrons. The molecule has 2 aliphatic heterocycles. The van der Waals surface area contributed by atoms with Gasteiger partial charge in [0.15, 0.2) is 0 Å². The molecule has 11 heteroatoms. The summed E-state index contributed by atoms with van der Waals surface area (Å²) in [6, 6.07) is 13.9. The smallest absolute Gasteiger partial charge is 0.272 e. The number of thiazole rings is 1. The van der Waals surface area contributed by atoms with E-state index in [1.54, 1.807) is 30.0 Å². The van der Waals surface area contributed by atoms with Gasteiger partial charge in [0.1, 0.15) is 22.3 Å². The monoisotopic (exact) mass is 647 g/mol. The topological polar surface area (TPSA) is 53.7 Å². The number of benzene rings is 2. The van der Waals surface area contributed by atoms with Gasteiger partial charge in [-0.05, 0) is 79.6 Å². The highest BCUT2D eigenvalue weighted by atomic mass is 32.1. The van der Waals surface area contributed by atoms with Gasteiger partial charge in [-0.2, -0.15) is 0 Å². The Hall–Kier alpha value is -4.09. The summed E-state index contributed by atoms with van der Waals surface area (Å²) in [5, 5.41) is 2.58. The summed E-state index contributed by atoms with van der Waals surface area (Å²) >= 11 is 1.42. The maximum atomic E-state index is 16.3. The third-order valence-corrected chi connectivity index (χ3v) is 10.0. The lowest BCUT2D eigenvalue weighted by Gasteiger charge is -2.40. The first-order valence-electron chi connectivity index (χ1n) is 15.5. The van der Waals surface area contributed by atoms with Crippen molar-refractivity contribution in [3.05, 3.63) is 88.6 Å². The van der Waals surface area contributed by atoms with Gasteiger partial charge in [0.2, 0.25) is 5.91 Å². The van der Waals surface area contributed by atoms with Gasteiger partial charge in [0, 0.05) is 41.4 Å². The average molecular weight is 648 g/mol. The second-order valence-corrected chi connectivity index (χ2v) is 13.1. The summed E-state index contributed by atoms with van der Waals surface area (Å²) in [5.41, 5.74) is 6.51. The summed E-state index contributed by atoms with van der Waals surface area (Å²) in [5.74, 6) is -3.22. The number of carbonyl (C=O) groups excluding carboxylic acids is 1. The van der Waals surface area contributed by atoms with Gasteiger partial charge in [0.05, 0.1) is 36.7 Å². The molecule has 238 valence electrons. The molecular formula is C35H33F4N5OS. The third-order valence-electron chi connectivity index (χ3n) is 9.15. The lowest BCUT2D eigenvalue weighted by Crippen LogP contribution is -2.59. The molecule has 46 heavy (non-hydrogen) atoms. The molecule has 0 N–H and O–H groups in total. The summed E-state index contributed by atoms with van der Waals surface area (Å²) in [4.78, 5) is 25.5. The summed E-state index contributed by atoms with van der Waals surface area (Å²) in [7, 11) is 0. The van der Waals surface area contributed by atoms with Crippen LogP contribution in [0.4, 0.5) is 17.6 Å². The van der Waals surface area contributed by atoms with E-state index in [2.05, 4.69) is 6.07 Å². The van der Waals surface area contributed by atoms with Crippen LogP contribution in [0.15, 0.2) is 60.1 Å². The molecule has 0 unspecified atom stereocenters. The lowest BCUT2D eigenvalue weighted by atomic mass is 9.90. The largest absolute Gasteiger partial charge is 0.342 e. The highest BCUT2D eigenvalue weighted by Crippen LogP contribution is 2.38. The summed E-state index contributed by atoms with van der Waals surface area (Å²) in [6.45, 7) is 4.23. The first-order valence-corrected chi connectivity index (χ1v) is 16.4. The van der Waals surface area contributed by atoms with Crippen LogP contribution >= 0.6 is 11.3 Å².